The van der Waals surface area contributed by atoms with Gasteiger partial charge in [-0.25, -0.2) is 0 Å². The van der Waals surface area contributed by atoms with Crippen LogP contribution in [0.4, 0.5) is 0 Å². The summed E-state index contributed by atoms with van der Waals surface area (Å²) in [5.41, 5.74) is -0.201. The van der Waals surface area contributed by atoms with Gasteiger partial charge >= 0.3 is 7.12 Å². The third-order valence-electron chi connectivity index (χ3n) is 5.58. The van der Waals surface area contributed by atoms with Gasteiger partial charge in [0.05, 0.1) is 19.4 Å². The summed E-state index contributed by atoms with van der Waals surface area (Å²) in [6.45, 7) is 7.55. The van der Waals surface area contributed by atoms with Gasteiger partial charge in [0.25, 0.3) is 0 Å². The van der Waals surface area contributed by atoms with E-state index in [9.17, 15) is 0 Å². The maximum atomic E-state index is 8.92. The van der Waals surface area contributed by atoms with Crippen LogP contribution in [-0.2, 0) is 9.31 Å². The van der Waals surface area contributed by atoms with E-state index in [0.717, 1.165) is 11.3 Å². The maximum absolute atomic E-state index is 8.92. The molecule has 0 spiro atoms. The van der Waals surface area contributed by atoms with E-state index >= 15 is 0 Å². The molecular weight excluding hydrogens is 363 g/mol. The van der Waals surface area contributed by atoms with Gasteiger partial charge in [0.2, 0.25) is 0 Å². The molecule has 1 aromatic heterocycles. The predicted octanol–water partition coefficient (Wildman–Crippen LogP) is 6.02. The molecule has 1 aliphatic rings. The van der Waals surface area contributed by atoms with Crippen molar-refractivity contribution in [3.8, 4) is 11.1 Å². The van der Waals surface area contributed by atoms with Crippen molar-refractivity contribution in [3.63, 3.8) is 0 Å². The summed E-state index contributed by atoms with van der Waals surface area (Å²) in [6.07, 6.45) is 0. The van der Waals surface area contributed by atoms with Crippen LogP contribution in [0.25, 0.3) is 31.3 Å². The summed E-state index contributed by atoms with van der Waals surface area (Å²) >= 11 is 1.11. The first-order valence-electron chi connectivity index (χ1n) is 12.2. The number of hydrogen-bond donors (Lipinski definition) is 0. The van der Waals surface area contributed by atoms with Gasteiger partial charge in [-0.2, -0.15) is 0 Å². The summed E-state index contributed by atoms with van der Waals surface area (Å²) in [7, 11) is -0.971. The highest BCUT2D eigenvalue weighted by Crippen LogP contribution is 2.38. The molecule has 0 bridgehead atoms. The molecule has 3 aromatic carbocycles. The molecule has 0 aliphatic carbocycles. The first-order chi connectivity index (χ1) is 15.9. The molecule has 4 aromatic rings. The Morgan fingerprint density at radius 2 is 1.50 bits per heavy atom. The molecule has 5 rings (SSSR count). The molecule has 0 radical (unpaired) electrons. The lowest BCUT2D eigenvalue weighted by Crippen LogP contribution is -2.41. The zero-order valence-corrected chi connectivity index (χ0v) is 17.0. The van der Waals surface area contributed by atoms with Crippen molar-refractivity contribution in [2.75, 3.05) is 0 Å². The minimum atomic E-state index is -0.971. The van der Waals surface area contributed by atoms with E-state index in [-0.39, 0.29) is 41.7 Å². The van der Waals surface area contributed by atoms with Gasteiger partial charge in [0.15, 0.2) is 0 Å². The van der Waals surface area contributed by atoms with Gasteiger partial charge < -0.3 is 9.31 Å². The summed E-state index contributed by atoms with van der Waals surface area (Å²) in [6, 6.07) is 8.64. The zero-order chi connectivity index (χ0) is 24.7. The molecule has 140 valence electrons. The fraction of sp³-hybridized carbons (Fsp3) is 0.250. The standard InChI is InChI=1S/C24H23BO2S/c1-23(2)24(3,4)27-25(26-23)18-11-12-19-20-14-17(16-8-6-5-7-9-16)10-13-21(20)28-22(19)15-18/h5-15H,1-4H3/i10D,11D,12D,13D,14D,15D. The average molecular weight is 392 g/mol. The molecule has 1 fully saturated rings. The van der Waals surface area contributed by atoms with Crippen LogP contribution in [0.5, 0.6) is 0 Å². The number of thiophene rings is 1. The molecule has 0 unspecified atom stereocenters. The van der Waals surface area contributed by atoms with Gasteiger partial charge in [0.1, 0.15) is 0 Å². The summed E-state index contributed by atoms with van der Waals surface area (Å²) in [5.74, 6) is 0. The van der Waals surface area contributed by atoms with Crippen molar-refractivity contribution in [1.29, 1.82) is 0 Å². The Kier molecular flexibility index (Phi) is 2.74. The highest BCUT2D eigenvalue weighted by Gasteiger charge is 2.51. The van der Waals surface area contributed by atoms with E-state index in [1.165, 1.54) is 0 Å². The number of fused-ring (bicyclic) bond motifs is 3. The van der Waals surface area contributed by atoms with Crippen molar-refractivity contribution in [1.82, 2.24) is 0 Å². The second kappa shape index (κ2) is 6.18. The average Bonchev–Trinajstić information content (AvgIpc) is 3.27. The zero-order valence-electron chi connectivity index (χ0n) is 22.2. The Morgan fingerprint density at radius 3 is 2.21 bits per heavy atom. The molecular formula is C24H23BO2S. The molecule has 0 atom stereocenters. The van der Waals surface area contributed by atoms with E-state index in [4.69, 9.17) is 17.5 Å². The minimum Gasteiger partial charge on any atom is -0.399 e. The number of hydrogen-bond acceptors (Lipinski definition) is 3. The van der Waals surface area contributed by atoms with Gasteiger partial charge in [0, 0.05) is 20.2 Å². The molecule has 0 saturated carbocycles. The van der Waals surface area contributed by atoms with Crippen molar-refractivity contribution < 1.29 is 17.5 Å². The van der Waals surface area contributed by atoms with Crippen LogP contribution in [0, 0.1) is 0 Å². The van der Waals surface area contributed by atoms with E-state index < -0.39 is 18.3 Å². The SMILES string of the molecule is [2H]c1c(-c2ccccc2)c([2H])c2c(sc3c([2H])c(B4OC(C)(C)C(C)(C)O4)c([2H])c([2H])c32)c1[2H]. The first-order valence-corrected chi connectivity index (χ1v) is 10.1. The topological polar surface area (TPSA) is 18.5 Å². The molecule has 2 heterocycles. The summed E-state index contributed by atoms with van der Waals surface area (Å²) < 4.78 is 65.6. The highest BCUT2D eigenvalue weighted by atomic mass is 32.1. The first kappa shape index (κ1) is 12.4. The van der Waals surface area contributed by atoms with Crippen LogP contribution in [0.15, 0.2) is 66.6 Å². The van der Waals surface area contributed by atoms with Crippen LogP contribution in [-0.4, -0.2) is 18.3 Å². The van der Waals surface area contributed by atoms with E-state index in [1.807, 2.05) is 45.9 Å². The predicted molar refractivity (Wildman–Crippen MR) is 120 cm³/mol. The lowest BCUT2D eigenvalue weighted by atomic mass is 9.79. The fourth-order valence-corrected chi connectivity index (χ4v) is 4.21. The van der Waals surface area contributed by atoms with Gasteiger partial charge in [-0.3, -0.25) is 0 Å². The monoisotopic (exact) mass is 392 g/mol. The van der Waals surface area contributed by atoms with Gasteiger partial charge in [-0.05, 0) is 62.4 Å². The van der Waals surface area contributed by atoms with Gasteiger partial charge in [-0.15, -0.1) is 11.3 Å². The van der Waals surface area contributed by atoms with Crippen LogP contribution in [0.3, 0.4) is 0 Å². The third kappa shape index (κ3) is 2.79. The normalized spacial score (nSPS) is 21.2. The largest absolute Gasteiger partial charge is 0.494 e. The van der Waals surface area contributed by atoms with Crippen LogP contribution in [0.2, 0.25) is 0 Å². The fourth-order valence-electron chi connectivity index (χ4n) is 3.23. The van der Waals surface area contributed by atoms with Crippen molar-refractivity contribution >= 4 is 44.1 Å². The number of rotatable bonds is 2. The third-order valence-corrected chi connectivity index (χ3v) is 6.60. The van der Waals surface area contributed by atoms with Crippen molar-refractivity contribution in [3.05, 3.63) is 66.6 Å². The molecule has 1 aliphatic heterocycles. The maximum Gasteiger partial charge on any atom is 0.494 e. The Labute approximate surface area is 178 Å². The van der Waals surface area contributed by atoms with Crippen LogP contribution < -0.4 is 5.46 Å². The van der Waals surface area contributed by atoms with E-state index in [0.29, 0.717) is 31.3 Å². The van der Waals surface area contributed by atoms with Crippen molar-refractivity contribution in [2.45, 2.75) is 38.9 Å². The molecule has 4 heteroatoms. The highest BCUT2D eigenvalue weighted by molar-refractivity contribution is 7.25. The second-order valence-electron chi connectivity index (χ2n) is 8.00. The molecule has 28 heavy (non-hydrogen) atoms. The van der Waals surface area contributed by atoms with Gasteiger partial charge in [-0.1, -0.05) is 48.5 Å². The lowest BCUT2D eigenvalue weighted by Gasteiger charge is -2.32. The van der Waals surface area contributed by atoms with Crippen LogP contribution in [0.1, 0.15) is 35.9 Å². The smallest absolute Gasteiger partial charge is 0.399 e. The summed E-state index contributed by atoms with van der Waals surface area (Å²) in [4.78, 5) is 0. The Hall–Kier alpha value is -2.14. The van der Waals surface area contributed by atoms with E-state index in [1.54, 1.807) is 12.1 Å². The molecule has 0 N–H and O–H groups in total. The Balaban J connectivity index is 1.84. The van der Waals surface area contributed by atoms with E-state index in [2.05, 4.69) is 0 Å². The lowest BCUT2D eigenvalue weighted by molar-refractivity contribution is 0.00578. The minimum absolute atomic E-state index is 0.00212. The molecule has 1 saturated heterocycles. The van der Waals surface area contributed by atoms with Crippen LogP contribution >= 0.6 is 11.3 Å². The number of benzene rings is 3. The Bertz CT molecular complexity index is 1470. The molecule has 0 amide bonds. The summed E-state index contributed by atoms with van der Waals surface area (Å²) in [5, 5.41) is 0.637. The quantitative estimate of drug-likeness (QED) is 0.388. The molecule has 2 nitrogen and oxygen atoms in total. The Morgan fingerprint density at radius 1 is 0.786 bits per heavy atom. The van der Waals surface area contributed by atoms with Crippen molar-refractivity contribution in [2.24, 2.45) is 0 Å². The second-order valence-corrected chi connectivity index (χ2v) is 9.02.